The molecule has 3 aliphatic rings. The van der Waals surface area contributed by atoms with E-state index in [0.29, 0.717) is 0 Å². The maximum atomic E-state index is 6.66. The van der Waals surface area contributed by atoms with Crippen LogP contribution in [0.4, 0.5) is 17.1 Å². The van der Waals surface area contributed by atoms with Gasteiger partial charge in [-0.3, -0.25) is 0 Å². The third-order valence-corrected chi connectivity index (χ3v) is 10.8. The van der Waals surface area contributed by atoms with Crippen LogP contribution in [0.5, 0.6) is 11.5 Å². The summed E-state index contributed by atoms with van der Waals surface area (Å²) in [7, 11) is 0. The molecule has 0 amide bonds. The second-order valence-corrected chi connectivity index (χ2v) is 15.8. The van der Waals surface area contributed by atoms with E-state index < -0.39 is 0 Å². The minimum Gasteiger partial charge on any atom is -0.453 e. The number of rotatable bonds is 1. The van der Waals surface area contributed by atoms with Gasteiger partial charge < -0.3 is 14.1 Å². The van der Waals surface area contributed by atoms with Crippen molar-refractivity contribution in [2.75, 3.05) is 4.90 Å². The lowest BCUT2D eigenvalue weighted by molar-refractivity contribution is 0.477. The van der Waals surface area contributed by atoms with Crippen molar-refractivity contribution in [1.82, 2.24) is 4.48 Å². The van der Waals surface area contributed by atoms with Gasteiger partial charge >= 0.3 is 6.85 Å². The zero-order chi connectivity index (χ0) is 32.7. The molecule has 0 spiro atoms. The molecule has 48 heavy (non-hydrogen) atoms. The molecular weight excluding hydrogens is 583 g/mol. The molecule has 0 saturated carbocycles. The third-order valence-electron chi connectivity index (χ3n) is 10.8. The number of benzene rings is 6. The van der Waals surface area contributed by atoms with E-state index in [9.17, 15) is 0 Å². The Kier molecular flexibility index (Phi) is 5.36. The first-order chi connectivity index (χ1) is 23.1. The van der Waals surface area contributed by atoms with Crippen LogP contribution in [0.2, 0.25) is 0 Å². The van der Waals surface area contributed by atoms with Gasteiger partial charge in [0.25, 0.3) is 0 Å². The highest BCUT2D eigenvalue weighted by Crippen LogP contribution is 2.54. The average Bonchev–Trinajstić information content (AvgIpc) is 3.41. The van der Waals surface area contributed by atoms with E-state index in [2.05, 4.69) is 166 Å². The first-order valence-corrected chi connectivity index (χ1v) is 17.1. The second-order valence-electron chi connectivity index (χ2n) is 15.8. The Morgan fingerprint density at radius 1 is 0.562 bits per heavy atom. The predicted molar refractivity (Wildman–Crippen MR) is 203 cm³/mol. The molecular formula is C44H37BN2O. The lowest BCUT2D eigenvalue weighted by Crippen LogP contribution is -2.57. The van der Waals surface area contributed by atoms with Crippen LogP contribution < -0.4 is 20.6 Å². The Morgan fingerprint density at radius 3 is 2.08 bits per heavy atom. The summed E-state index contributed by atoms with van der Waals surface area (Å²) in [5.74, 6) is 1.79. The lowest BCUT2D eigenvalue weighted by atomic mass is 9.45. The van der Waals surface area contributed by atoms with Crippen molar-refractivity contribution in [2.24, 2.45) is 0 Å². The molecule has 0 aliphatic carbocycles. The van der Waals surface area contributed by atoms with Crippen LogP contribution in [0, 0.1) is 0 Å². The van der Waals surface area contributed by atoms with Crippen molar-refractivity contribution in [1.29, 1.82) is 0 Å². The molecule has 1 aromatic heterocycles. The number of aromatic nitrogens is 1. The Hall–Kier alpha value is -5.22. The molecule has 0 N–H and O–H groups in total. The zero-order valence-electron chi connectivity index (χ0n) is 28.3. The van der Waals surface area contributed by atoms with E-state index in [1.54, 1.807) is 0 Å². The highest BCUT2D eigenvalue weighted by Gasteiger charge is 2.46. The van der Waals surface area contributed by atoms with E-state index in [1.165, 1.54) is 71.8 Å². The van der Waals surface area contributed by atoms with Gasteiger partial charge in [0.1, 0.15) is 0 Å². The lowest BCUT2D eigenvalue weighted by Gasteiger charge is -2.43. The molecule has 0 bridgehead atoms. The molecule has 4 heterocycles. The maximum absolute atomic E-state index is 6.66. The van der Waals surface area contributed by atoms with Crippen molar-refractivity contribution >= 4 is 56.6 Å². The fourth-order valence-electron chi connectivity index (χ4n) is 8.41. The Balaban J connectivity index is 1.41. The van der Waals surface area contributed by atoms with Crippen LogP contribution in [0.1, 0.15) is 52.7 Å². The highest BCUT2D eigenvalue weighted by atomic mass is 16.5. The molecule has 4 heteroatoms. The Labute approximate surface area is 282 Å². The number of ether oxygens (including phenoxy) is 1. The van der Waals surface area contributed by atoms with E-state index in [-0.39, 0.29) is 17.7 Å². The number of hydrogen-bond donors (Lipinski definition) is 0. The molecule has 0 atom stereocenters. The maximum Gasteiger partial charge on any atom is 0.333 e. The Bertz CT molecular complexity index is 2510. The van der Waals surface area contributed by atoms with Gasteiger partial charge in [0, 0.05) is 33.1 Å². The molecule has 0 fully saturated rings. The third kappa shape index (κ3) is 3.66. The van der Waals surface area contributed by atoms with Gasteiger partial charge in [-0.2, -0.15) is 0 Å². The quantitative estimate of drug-likeness (QED) is 0.170. The van der Waals surface area contributed by atoms with Crippen LogP contribution in [0.15, 0.2) is 115 Å². The topological polar surface area (TPSA) is 17.4 Å². The van der Waals surface area contributed by atoms with E-state index in [0.717, 1.165) is 22.9 Å². The smallest absolute Gasteiger partial charge is 0.333 e. The van der Waals surface area contributed by atoms with Crippen LogP contribution >= 0.6 is 0 Å². The predicted octanol–water partition coefficient (Wildman–Crippen LogP) is 10.6. The second kappa shape index (κ2) is 9.23. The fourth-order valence-corrected chi connectivity index (χ4v) is 8.41. The van der Waals surface area contributed by atoms with Gasteiger partial charge in [0.15, 0.2) is 11.5 Å². The summed E-state index contributed by atoms with van der Waals surface area (Å²) in [6.45, 7) is 13.9. The number of nitrogens with zero attached hydrogens (tertiary/aromatic N) is 2. The van der Waals surface area contributed by atoms with E-state index >= 15 is 0 Å². The number of hydrogen-bond acceptors (Lipinski definition) is 2. The summed E-state index contributed by atoms with van der Waals surface area (Å²) in [5.41, 5.74) is 16.5. The largest absolute Gasteiger partial charge is 0.453 e. The first kappa shape index (κ1) is 27.9. The molecule has 232 valence electrons. The van der Waals surface area contributed by atoms with Gasteiger partial charge in [0.05, 0.1) is 11.4 Å². The molecule has 0 unspecified atom stereocenters. The molecule has 0 saturated heterocycles. The standard InChI is InChI=1S/C44H37BN2O/c1-43(2,3)28-19-20-35-30(23-28)32-24-29(44(4,5)6)25-33-31-21-27(26-13-8-7-9-14-26)22-37-40(31)45(47(35)41(32)33)34-15-12-18-39-42(34)46(37)36-16-10-11-17-38(36)48-39/h7-25H,1-6H3. The van der Waals surface area contributed by atoms with Gasteiger partial charge in [-0.1, -0.05) is 102 Å². The van der Waals surface area contributed by atoms with Gasteiger partial charge in [-0.15, -0.1) is 0 Å². The molecule has 3 nitrogen and oxygen atoms in total. The fraction of sp³-hybridized carbons (Fsp3) is 0.182. The monoisotopic (exact) mass is 620 g/mol. The van der Waals surface area contributed by atoms with Crippen LogP contribution in [-0.4, -0.2) is 11.3 Å². The summed E-state index contributed by atoms with van der Waals surface area (Å²) >= 11 is 0. The summed E-state index contributed by atoms with van der Waals surface area (Å²) < 4.78 is 9.32. The highest BCUT2D eigenvalue weighted by molar-refractivity contribution is 6.90. The van der Waals surface area contributed by atoms with E-state index in [1.807, 2.05) is 0 Å². The van der Waals surface area contributed by atoms with Crippen LogP contribution in [0.3, 0.4) is 0 Å². The molecule has 0 radical (unpaired) electrons. The minimum atomic E-state index is -0.0145. The molecule has 10 rings (SSSR count). The van der Waals surface area contributed by atoms with Gasteiger partial charge in [-0.25, -0.2) is 0 Å². The van der Waals surface area contributed by atoms with Crippen molar-refractivity contribution in [3.63, 3.8) is 0 Å². The molecule has 7 aromatic rings. The number of para-hydroxylation sites is 3. The Morgan fingerprint density at radius 2 is 1.29 bits per heavy atom. The van der Waals surface area contributed by atoms with Crippen LogP contribution in [0.25, 0.3) is 44.1 Å². The van der Waals surface area contributed by atoms with Crippen molar-refractivity contribution in [3.8, 4) is 33.8 Å². The van der Waals surface area contributed by atoms with Gasteiger partial charge in [-0.05, 0) is 104 Å². The van der Waals surface area contributed by atoms with E-state index in [4.69, 9.17) is 4.74 Å². The average molecular weight is 621 g/mol. The summed E-state index contributed by atoms with van der Waals surface area (Å²) in [4.78, 5) is 2.48. The van der Waals surface area contributed by atoms with Crippen molar-refractivity contribution in [3.05, 3.63) is 126 Å². The number of anilines is 3. The van der Waals surface area contributed by atoms with Crippen molar-refractivity contribution < 1.29 is 4.74 Å². The minimum absolute atomic E-state index is 0.00615. The van der Waals surface area contributed by atoms with Gasteiger partial charge in [0.2, 0.25) is 0 Å². The summed E-state index contributed by atoms with van der Waals surface area (Å²) in [6.07, 6.45) is 0. The SMILES string of the molecule is CC(C)(C)c1ccc2c(c1)c1cc(C(C)(C)C)cc3c1n2B1c2cccc4c2N(c2ccccc2O4)c2cc(-c4ccccc4)cc-3c21. The summed E-state index contributed by atoms with van der Waals surface area (Å²) in [6, 6.07) is 43.0. The normalized spacial score (nSPS) is 14.1. The van der Waals surface area contributed by atoms with Crippen LogP contribution in [-0.2, 0) is 10.8 Å². The number of fused-ring (bicyclic) bond motifs is 9. The zero-order valence-corrected chi connectivity index (χ0v) is 28.3. The first-order valence-electron chi connectivity index (χ1n) is 17.1. The summed E-state index contributed by atoms with van der Waals surface area (Å²) in [5, 5.41) is 2.67. The van der Waals surface area contributed by atoms with Crippen molar-refractivity contribution in [2.45, 2.75) is 52.4 Å². The molecule has 3 aliphatic heterocycles. The molecule has 6 aromatic carbocycles.